The highest BCUT2D eigenvalue weighted by molar-refractivity contribution is 9.09. The number of benzene rings is 1. The standard InChI is InChI=1S/C12H14BrClN2S/c1-8-11(6-13)17-12(16-8)15-7-9-2-4-10(14)5-3-9/h2-5,8,11H,6-7H2,1H3,(H,15,16). The van der Waals surface area contributed by atoms with Gasteiger partial charge in [0.2, 0.25) is 0 Å². The van der Waals surface area contributed by atoms with Crippen molar-refractivity contribution in [2.24, 2.45) is 4.99 Å². The van der Waals surface area contributed by atoms with E-state index in [1.807, 2.05) is 36.0 Å². The van der Waals surface area contributed by atoms with E-state index in [4.69, 9.17) is 11.6 Å². The van der Waals surface area contributed by atoms with Gasteiger partial charge < -0.3 is 5.32 Å². The maximum Gasteiger partial charge on any atom is 0.157 e. The van der Waals surface area contributed by atoms with Gasteiger partial charge in [-0.25, -0.2) is 0 Å². The number of hydrogen-bond donors (Lipinski definition) is 1. The quantitative estimate of drug-likeness (QED) is 0.853. The van der Waals surface area contributed by atoms with Crippen LogP contribution in [0.1, 0.15) is 12.5 Å². The van der Waals surface area contributed by atoms with Gasteiger partial charge in [0.1, 0.15) is 0 Å². The summed E-state index contributed by atoms with van der Waals surface area (Å²) < 4.78 is 0. The first-order valence-electron chi connectivity index (χ1n) is 5.47. The molecule has 2 rings (SSSR count). The molecule has 0 radical (unpaired) electrons. The van der Waals surface area contributed by atoms with E-state index in [0.717, 1.165) is 15.5 Å². The fraction of sp³-hybridized carbons (Fsp3) is 0.417. The average Bonchev–Trinajstić information content (AvgIpc) is 2.69. The van der Waals surface area contributed by atoms with Crippen LogP contribution >= 0.6 is 39.3 Å². The SMILES string of the molecule is CC1NC(=NCc2ccc(Cl)cc2)SC1CBr. The molecule has 1 aromatic carbocycles. The number of alkyl halides is 1. The summed E-state index contributed by atoms with van der Waals surface area (Å²) in [6.07, 6.45) is 0. The molecule has 1 N–H and O–H groups in total. The van der Waals surface area contributed by atoms with Crippen LogP contribution in [0.15, 0.2) is 29.3 Å². The van der Waals surface area contributed by atoms with Crippen LogP contribution in [0.25, 0.3) is 0 Å². The Labute approximate surface area is 119 Å². The van der Waals surface area contributed by atoms with E-state index < -0.39 is 0 Å². The third kappa shape index (κ3) is 3.63. The molecule has 1 aliphatic heterocycles. The van der Waals surface area contributed by atoms with Crippen molar-refractivity contribution < 1.29 is 0 Å². The van der Waals surface area contributed by atoms with Gasteiger partial charge in [0.15, 0.2) is 5.17 Å². The summed E-state index contributed by atoms with van der Waals surface area (Å²) in [6, 6.07) is 8.30. The van der Waals surface area contributed by atoms with Crippen LogP contribution in [-0.2, 0) is 6.54 Å². The number of amidine groups is 1. The Morgan fingerprint density at radius 1 is 1.41 bits per heavy atom. The molecule has 0 bridgehead atoms. The Kier molecular flexibility index (Phi) is 4.77. The highest BCUT2D eigenvalue weighted by Crippen LogP contribution is 2.25. The van der Waals surface area contributed by atoms with Crippen LogP contribution < -0.4 is 5.32 Å². The van der Waals surface area contributed by atoms with E-state index in [1.54, 1.807) is 0 Å². The van der Waals surface area contributed by atoms with Gasteiger partial charge in [-0.05, 0) is 24.6 Å². The van der Waals surface area contributed by atoms with Crippen LogP contribution in [0.4, 0.5) is 0 Å². The zero-order valence-electron chi connectivity index (χ0n) is 9.49. The molecule has 0 aromatic heterocycles. The molecule has 0 aliphatic carbocycles. The van der Waals surface area contributed by atoms with Gasteiger partial charge in [0.25, 0.3) is 0 Å². The molecule has 1 aromatic rings. The van der Waals surface area contributed by atoms with Crippen LogP contribution in [-0.4, -0.2) is 21.8 Å². The largest absolute Gasteiger partial charge is 0.361 e. The van der Waals surface area contributed by atoms with E-state index >= 15 is 0 Å². The zero-order chi connectivity index (χ0) is 12.3. The lowest BCUT2D eigenvalue weighted by molar-refractivity contribution is 0.684. The first-order valence-corrected chi connectivity index (χ1v) is 7.85. The molecular weight excluding hydrogens is 320 g/mol. The minimum Gasteiger partial charge on any atom is -0.361 e. The summed E-state index contributed by atoms with van der Waals surface area (Å²) in [4.78, 5) is 4.58. The highest BCUT2D eigenvalue weighted by Gasteiger charge is 2.27. The molecule has 1 saturated heterocycles. The fourth-order valence-electron chi connectivity index (χ4n) is 1.57. The molecule has 17 heavy (non-hydrogen) atoms. The van der Waals surface area contributed by atoms with Gasteiger partial charge in [-0.15, -0.1) is 0 Å². The monoisotopic (exact) mass is 332 g/mol. The first kappa shape index (κ1) is 13.2. The summed E-state index contributed by atoms with van der Waals surface area (Å²) >= 11 is 11.2. The number of halogens is 2. The number of aliphatic imine (C=N–C) groups is 1. The second-order valence-electron chi connectivity index (χ2n) is 3.99. The molecule has 2 unspecified atom stereocenters. The molecule has 2 atom stereocenters. The number of thioether (sulfide) groups is 1. The van der Waals surface area contributed by atoms with E-state index in [2.05, 4.69) is 33.2 Å². The van der Waals surface area contributed by atoms with Gasteiger partial charge in [0.05, 0.1) is 6.54 Å². The third-order valence-electron chi connectivity index (χ3n) is 2.64. The van der Waals surface area contributed by atoms with E-state index in [0.29, 0.717) is 17.8 Å². The van der Waals surface area contributed by atoms with Gasteiger partial charge >= 0.3 is 0 Å². The number of nitrogens with one attached hydrogen (secondary N) is 1. The Morgan fingerprint density at radius 2 is 2.12 bits per heavy atom. The Morgan fingerprint density at radius 3 is 2.71 bits per heavy atom. The second-order valence-corrected chi connectivity index (χ2v) is 6.30. The van der Waals surface area contributed by atoms with Crippen LogP contribution in [0.5, 0.6) is 0 Å². The van der Waals surface area contributed by atoms with Crippen LogP contribution in [0.3, 0.4) is 0 Å². The van der Waals surface area contributed by atoms with Crippen molar-refractivity contribution in [3.63, 3.8) is 0 Å². The fourth-order valence-corrected chi connectivity index (χ4v) is 3.67. The molecular formula is C12H14BrClN2S. The minimum atomic E-state index is 0.475. The minimum absolute atomic E-state index is 0.475. The predicted octanol–water partition coefficient (Wildman–Crippen LogP) is 3.68. The lowest BCUT2D eigenvalue weighted by Gasteiger charge is -2.07. The van der Waals surface area contributed by atoms with E-state index in [9.17, 15) is 0 Å². The summed E-state index contributed by atoms with van der Waals surface area (Å²) in [5, 5.41) is 6.76. The van der Waals surface area contributed by atoms with Crippen molar-refractivity contribution in [2.75, 3.05) is 5.33 Å². The molecule has 1 heterocycles. The lowest BCUT2D eigenvalue weighted by atomic mass is 10.2. The van der Waals surface area contributed by atoms with Crippen molar-refractivity contribution in [3.8, 4) is 0 Å². The van der Waals surface area contributed by atoms with Crippen LogP contribution in [0.2, 0.25) is 5.02 Å². The van der Waals surface area contributed by atoms with Crippen molar-refractivity contribution in [1.82, 2.24) is 5.32 Å². The second kappa shape index (κ2) is 6.12. The Balaban J connectivity index is 1.95. The number of hydrogen-bond acceptors (Lipinski definition) is 2. The van der Waals surface area contributed by atoms with E-state index in [-0.39, 0.29) is 0 Å². The third-order valence-corrected chi connectivity index (χ3v) is 5.37. The molecule has 0 saturated carbocycles. The maximum absolute atomic E-state index is 5.84. The van der Waals surface area contributed by atoms with Gasteiger partial charge in [-0.3, -0.25) is 4.99 Å². The van der Waals surface area contributed by atoms with E-state index in [1.165, 1.54) is 5.56 Å². The summed E-state index contributed by atoms with van der Waals surface area (Å²) in [5.74, 6) is 0. The summed E-state index contributed by atoms with van der Waals surface area (Å²) in [6.45, 7) is 2.89. The van der Waals surface area contributed by atoms with Gasteiger partial charge in [-0.1, -0.05) is 51.4 Å². The van der Waals surface area contributed by atoms with Crippen molar-refractivity contribution in [3.05, 3.63) is 34.9 Å². The van der Waals surface area contributed by atoms with Crippen molar-refractivity contribution in [1.29, 1.82) is 0 Å². The normalized spacial score (nSPS) is 26.2. The molecule has 0 amide bonds. The molecule has 1 aliphatic rings. The van der Waals surface area contributed by atoms with Crippen molar-refractivity contribution in [2.45, 2.75) is 24.8 Å². The number of rotatable bonds is 3. The van der Waals surface area contributed by atoms with Gasteiger partial charge in [0, 0.05) is 21.6 Å². The highest BCUT2D eigenvalue weighted by atomic mass is 79.9. The topological polar surface area (TPSA) is 24.4 Å². The smallest absolute Gasteiger partial charge is 0.157 e. The first-order chi connectivity index (χ1) is 8.19. The Hall–Kier alpha value is -0.190. The average molecular weight is 334 g/mol. The molecule has 1 fully saturated rings. The van der Waals surface area contributed by atoms with Gasteiger partial charge in [-0.2, -0.15) is 0 Å². The molecule has 0 spiro atoms. The Bertz CT molecular complexity index is 407. The van der Waals surface area contributed by atoms with Crippen LogP contribution in [0, 0.1) is 0 Å². The molecule has 92 valence electrons. The summed E-state index contributed by atoms with van der Waals surface area (Å²) in [7, 11) is 0. The van der Waals surface area contributed by atoms with Crippen molar-refractivity contribution >= 4 is 44.5 Å². The maximum atomic E-state index is 5.84. The molecule has 5 heteroatoms. The molecule has 2 nitrogen and oxygen atoms in total. The number of nitrogens with zero attached hydrogens (tertiary/aromatic N) is 1. The zero-order valence-corrected chi connectivity index (χ0v) is 12.6. The summed E-state index contributed by atoms with van der Waals surface area (Å²) in [5.41, 5.74) is 1.18. The predicted molar refractivity (Wildman–Crippen MR) is 80.4 cm³/mol. The lowest BCUT2D eigenvalue weighted by Crippen LogP contribution is -2.28.